The zero-order valence-corrected chi connectivity index (χ0v) is 13.0. The van der Waals surface area contributed by atoms with E-state index in [0.29, 0.717) is 6.04 Å². The van der Waals surface area contributed by atoms with Crippen LogP contribution in [0.25, 0.3) is 10.2 Å². The van der Waals surface area contributed by atoms with Gasteiger partial charge in [0.05, 0.1) is 10.2 Å². The van der Waals surface area contributed by atoms with Crippen LogP contribution in [-0.2, 0) is 0 Å². The maximum absolute atomic E-state index is 4.64. The molecule has 4 nitrogen and oxygen atoms in total. The smallest absolute Gasteiger partial charge is 0.184 e. The van der Waals surface area contributed by atoms with Crippen molar-refractivity contribution in [2.45, 2.75) is 13.0 Å². The molecular weight excluding hydrogens is 268 g/mol. The maximum atomic E-state index is 4.64. The third-order valence-corrected chi connectivity index (χ3v) is 4.76. The lowest BCUT2D eigenvalue weighted by atomic mass is 10.2. The van der Waals surface area contributed by atoms with E-state index in [-0.39, 0.29) is 0 Å². The lowest BCUT2D eigenvalue weighted by Crippen LogP contribution is -2.47. The minimum absolute atomic E-state index is 0.430. The number of hydrogen-bond donors (Lipinski definition) is 1. The summed E-state index contributed by atoms with van der Waals surface area (Å²) in [6, 6.07) is 8.74. The van der Waals surface area contributed by atoms with Crippen molar-refractivity contribution in [3.05, 3.63) is 24.3 Å². The Kier molecular flexibility index (Phi) is 4.19. The Labute approximate surface area is 124 Å². The minimum atomic E-state index is 0.430. The molecule has 1 saturated heterocycles. The fourth-order valence-electron chi connectivity index (χ4n) is 2.61. The monoisotopic (exact) mass is 290 g/mol. The van der Waals surface area contributed by atoms with Crippen molar-refractivity contribution in [2.24, 2.45) is 0 Å². The molecule has 0 aliphatic carbocycles. The molecule has 2 aromatic rings. The van der Waals surface area contributed by atoms with Crippen molar-refractivity contribution >= 4 is 26.7 Å². The number of nitrogens with zero attached hydrogens (tertiary/aromatic N) is 3. The number of para-hydroxylation sites is 1. The maximum Gasteiger partial charge on any atom is 0.184 e. The van der Waals surface area contributed by atoms with Gasteiger partial charge in [-0.2, -0.15) is 0 Å². The predicted octanol–water partition coefficient (Wildman–Crippen LogP) is 2.34. The third kappa shape index (κ3) is 3.29. The Balaban J connectivity index is 1.56. The standard InChI is InChI=1S/C15H22N4S/c1-12(11-19-9-7-18(2)8-10-19)16-15-17-13-5-3-4-6-14(13)20-15/h3-6,12H,7-11H2,1-2H3,(H,16,17). The molecule has 0 amide bonds. The van der Waals surface area contributed by atoms with Crippen LogP contribution in [0.15, 0.2) is 24.3 Å². The van der Waals surface area contributed by atoms with Crippen molar-refractivity contribution < 1.29 is 0 Å². The number of benzene rings is 1. The number of thiazole rings is 1. The highest BCUT2D eigenvalue weighted by Gasteiger charge is 2.16. The van der Waals surface area contributed by atoms with Gasteiger partial charge in [-0.05, 0) is 26.1 Å². The molecule has 1 atom stereocenters. The SMILES string of the molecule is CC(CN1CCN(C)CC1)Nc1nc2ccccc2s1. The molecule has 1 aliphatic heterocycles. The van der Waals surface area contributed by atoms with Crippen LogP contribution in [-0.4, -0.2) is 60.6 Å². The zero-order chi connectivity index (χ0) is 13.9. The molecule has 3 rings (SSSR count). The summed E-state index contributed by atoms with van der Waals surface area (Å²) in [4.78, 5) is 9.56. The van der Waals surface area contributed by atoms with Crippen LogP contribution < -0.4 is 5.32 Å². The van der Waals surface area contributed by atoms with Crippen molar-refractivity contribution in [2.75, 3.05) is 45.1 Å². The number of aromatic nitrogens is 1. The first-order chi connectivity index (χ1) is 9.70. The largest absolute Gasteiger partial charge is 0.358 e. The summed E-state index contributed by atoms with van der Waals surface area (Å²) in [7, 11) is 2.19. The Bertz CT molecular complexity index is 527. The van der Waals surface area contributed by atoms with E-state index < -0.39 is 0 Å². The highest BCUT2D eigenvalue weighted by atomic mass is 32.1. The number of nitrogens with one attached hydrogen (secondary N) is 1. The molecule has 0 spiro atoms. The molecule has 0 bridgehead atoms. The zero-order valence-electron chi connectivity index (χ0n) is 12.2. The molecule has 1 unspecified atom stereocenters. The Morgan fingerprint density at radius 1 is 1.25 bits per heavy atom. The Morgan fingerprint density at radius 3 is 2.75 bits per heavy atom. The third-order valence-electron chi connectivity index (χ3n) is 3.79. The van der Waals surface area contributed by atoms with Crippen LogP contribution in [0.4, 0.5) is 5.13 Å². The van der Waals surface area contributed by atoms with Gasteiger partial charge in [-0.15, -0.1) is 0 Å². The molecule has 5 heteroatoms. The summed E-state index contributed by atoms with van der Waals surface area (Å²) in [6.45, 7) is 8.01. The first-order valence-electron chi connectivity index (χ1n) is 7.24. The minimum Gasteiger partial charge on any atom is -0.358 e. The van der Waals surface area contributed by atoms with E-state index in [2.05, 4.69) is 52.3 Å². The number of rotatable bonds is 4. The van der Waals surface area contributed by atoms with E-state index in [1.807, 2.05) is 6.07 Å². The van der Waals surface area contributed by atoms with Gasteiger partial charge in [0.15, 0.2) is 5.13 Å². The van der Waals surface area contributed by atoms with Gasteiger partial charge < -0.3 is 10.2 Å². The van der Waals surface area contributed by atoms with Crippen LogP contribution in [0.2, 0.25) is 0 Å². The van der Waals surface area contributed by atoms with Crippen LogP contribution in [0.1, 0.15) is 6.92 Å². The van der Waals surface area contributed by atoms with E-state index in [1.54, 1.807) is 11.3 Å². The molecule has 0 radical (unpaired) electrons. The normalized spacial score (nSPS) is 19.3. The van der Waals surface area contributed by atoms with E-state index in [1.165, 1.54) is 30.9 Å². The van der Waals surface area contributed by atoms with Gasteiger partial charge in [0, 0.05) is 38.8 Å². The van der Waals surface area contributed by atoms with Crippen LogP contribution in [0.3, 0.4) is 0 Å². The van der Waals surface area contributed by atoms with Crippen molar-refractivity contribution in [1.29, 1.82) is 0 Å². The van der Waals surface area contributed by atoms with Gasteiger partial charge in [-0.25, -0.2) is 4.98 Å². The van der Waals surface area contributed by atoms with E-state index in [9.17, 15) is 0 Å². The molecule has 1 aromatic heterocycles. The number of hydrogen-bond acceptors (Lipinski definition) is 5. The van der Waals surface area contributed by atoms with Gasteiger partial charge >= 0.3 is 0 Å². The summed E-state index contributed by atoms with van der Waals surface area (Å²) < 4.78 is 1.25. The van der Waals surface area contributed by atoms with Crippen molar-refractivity contribution in [1.82, 2.24) is 14.8 Å². The van der Waals surface area contributed by atoms with Gasteiger partial charge in [0.2, 0.25) is 0 Å². The van der Waals surface area contributed by atoms with Crippen molar-refractivity contribution in [3.8, 4) is 0 Å². The second kappa shape index (κ2) is 6.08. The molecule has 0 saturated carbocycles. The van der Waals surface area contributed by atoms with Gasteiger partial charge in [-0.1, -0.05) is 23.5 Å². The first-order valence-corrected chi connectivity index (χ1v) is 8.05. The summed E-state index contributed by atoms with van der Waals surface area (Å²) in [5.41, 5.74) is 1.09. The van der Waals surface area contributed by atoms with Crippen LogP contribution in [0.5, 0.6) is 0 Å². The number of anilines is 1. The Hall–Kier alpha value is -1.17. The summed E-state index contributed by atoms with van der Waals surface area (Å²) >= 11 is 1.74. The van der Waals surface area contributed by atoms with E-state index in [0.717, 1.165) is 17.2 Å². The molecule has 108 valence electrons. The lowest BCUT2D eigenvalue weighted by Gasteiger charge is -2.34. The van der Waals surface area contributed by atoms with E-state index in [4.69, 9.17) is 0 Å². The highest BCUT2D eigenvalue weighted by Crippen LogP contribution is 2.25. The molecule has 1 fully saturated rings. The molecule has 20 heavy (non-hydrogen) atoms. The Morgan fingerprint density at radius 2 is 2.00 bits per heavy atom. The average Bonchev–Trinajstić information content (AvgIpc) is 2.83. The molecule has 2 heterocycles. The molecule has 1 aliphatic rings. The summed E-state index contributed by atoms with van der Waals surface area (Å²) in [5, 5.41) is 4.58. The van der Waals surface area contributed by atoms with E-state index >= 15 is 0 Å². The summed E-state index contributed by atoms with van der Waals surface area (Å²) in [5.74, 6) is 0. The first kappa shape index (κ1) is 13.8. The average molecular weight is 290 g/mol. The van der Waals surface area contributed by atoms with Crippen LogP contribution in [0, 0.1) is 0 Å². The van der Waals surface area contributed by atoms with Gasteiger partial charge in [0.1, 0.15) is 0 Å². The topological polar surface area (TPSA) is 31.4 Å². The number of fused-ring (bicyclic) bond motifs is 1. The second-order valence-corrected chi connectivity index (χ2v) is 6.67. The van der Waals surface area contributed by atoms with Crippen molar-refractivity contribution in [3.63, 3.8) is 0 Å². The van der Waals surface area contributed by atoms with Gasteiger partial charge in [0.25, 0.3) is 0 Å². The van der Waals surface area contributed by atoms with Gasteiger partial charge in [-0.3, -0.25) is 4.90 Å². The number of piperazine rings is 1. The fourth-order valence-corrected chi connectivity index (χ4v) is 3.59. The molecular formula is C15H22N4S. The quantitative estimate of drug-likeness (QED) is 0.936. The fraction of sp³-hybridized carbons (Fsp3) is 0.533. The second-order valence-electron chi connectivity index (χ2n) is 5.64. The van der Waals surface area contributed by atoms with Crippen LogP contribution >= 0.6 is 11.3 Å². The highest BCUT2D eigenvalue weighted by molar-refractivity contribution is 7.22. The lowest BCUT2D eigenvalue weighted by molar-refractivity contribution is 0.151. The number of likely N-dealkylation sites (N-methyl/N-ethyl adjacent to an activating group) is 1. The molecule has 1 aromatic carbocycles. The summed E-state index contributed by atoms with van der Waals surface area (Å²) in [6.07, 6.45) is 0. The molecule has 1 N–H and O–H groups in total. The predicted molar refractivity (Wildman–Crippen MR) is 86.6 cm³/mol.